The van der Waals surface area contributed by atoms with Crippen LogP contribution in [0.15, 0.2) is 16.1 Å². The van der Waals surface area contributed by atoms with Gasteiger partial charge >= 0.3 is 6.03 Å². The Bertz CT molecular complexity index is 813. The second-order valence-electron chi connectivity index (χ2n) is 8.48. The summed E-state index contributed by atoms with van der Waals surface area (Å²) in [5, 5.41) is 10.2. The maximum absolute atomic E-state index is 12.5. The molecule has 146 valence electrons. The van der Waals surface area contributed by atoms with Crippen molar-refractivity contribution in [3.63, 3.8) is 0 Å². The van der Waals surface area contributed by atoms with Gasteiger partial charge in [0.1, 0.15) is 5.82 Å². The number of nitrogens with zero attached hydrogens (tertiary/aromatic N) is 4. The summed E-state index contributed by atoms with van der Waals surface area (Å²) in [6.07, 6.45) is 3.67. The van der Waals surface area contributed by atoms with E-state index in [-0.39, 0.29) is 35.3 Å². The van der Waals surface area contributed by atoms with Gasteiger partial charge in [-0.2, -0.15) is 14.8 Å². The van der Waals surface area contributed by atoms with Crippen molar-refractivity contribution in [1.29, 1.82) is 0 Å². The van der Waals surface area contributed by atoms with Crippen LogP contribution in [-0.4, -0.2) is 39.4 Å². The minimum absolute atomic E-state index is 0.000275. The molecule has 8 nitrogen and oxygen atoms in total. The molecule has 3 amide bonds. The van der Waals surface area contributed by atoms with Crippen LogP contribution in [0.25, 0.3) is 0 Å². The fraction of sp³-hybridized carbons (Fsp3) is 0.632. The molecule has 2 aliphatic rings. The van der Waals surface area contributed by atoms with Gasteiger partial charge in [0, 0.05) is 23.2 Å². The number of urea groups is 1. The van der Waals surface area contributed by atoms with Crippen LogP contribution in [0.2, 0.25) is 0 Å². The molecule has 1 fully saturated rings. The van der Waals surface area contributed by atoms with E-state index in [2.05, 4.69) is 25.7 Å². The summed E-state index contributed by atoms with van der Waals surface area (Å²) in [5.41, 5.74) is 1.43. The van der Waals surface area contributed by atoms with Crippen molar-refractivity contribution in [2.24, 2.45) is 15.9 Å². The van der Waals surface area contributed by atoms with Gasteiger partial charge in [-0.05, 0) is 33.1 Å². The number of hydrogen-bond acceptors (Lipinski definition) is 4. The fourth-order valence-corrected chi connectivity index (χ4v) is 3.22. The highest BCUT2D eigenvalue weighted by Gasteiger charge is 2.32. The zero-order valence-corrected chi connectivity index (χ0v) is 16.7. The lowest BCUT2D eigenvalue weighted by Gasteiger charge is -2.24. The molecule has 27 heavy (non-hydrogen) atoms. The minimum Gasteiger partial charge on any atom is -0.336 e. The third-order valence-electron chi connectivity index (χ3n) is 4.66. The van der Waals surface area contributed by atoms with Gasteiger partial charge in [-0.1, -0.05) is 27.2 Å². The standard InChI is InChI=1S/C19H28N6O2/c1-11(2)20-18(27)22-15-10-14(19(3,4)5)24-25(15)17-21-13-9-7-6-8-12(13)16(26)23-17/h10-12H,6-9H2,1-5H3,(H2,20,22,27). The number of rotatable bonds is 2. The van der Waals surface area contributed by atoms with Crippen LogP contribution in [0.5, 0.6) is 0 Å². The zero-order valence-electron chi connectivity index (χ0n) is 16.7. The molecule has 1 aliphatic heterocycles. The molecule has 0 aromatic carbocycles. The molecule has 0 saturated heterocycles. The van der Waals surface area contributed by atoms with Crippen LogP contribution in [0.1, 0.15) is 66.0 Å². The SMILES string of the molecule is CC(C)NC(=O)Nc1cc(C(C)(C)C)nn1C1=NC(=O)C2CCCCC2=N1. The molecule has 0 radical (unpaired) electrons. The summed E-state index contributed by atoms with van der Waals surface area (Å²) in [6.45, 7) is 9.88. The Morgan fingerprint density at radius 2 is 2.00 bits per heavy atom. The van der Waals surface area contributed by atoms with Gasteiger partial charge < -0.3 is 5.32 Å². The lowest BCUT2D eigenvalue weighted by atomic mass is 9.86. The predicted molar refractivity (Wildman–Crippen MR) is 105 cm³/mol. The van der Waals surface area contributed by atoms with Crippen molar-refractivity contribution in [3.8, 4) is 0 Å². The Kier molecular flexibility index (Phi) is 5.17. The predicted octanol–water partition coefficient (Wildman–Crippen LogP) is 3.09. The smallest absolute Gasteiger partial charge is 0.320 e. The maximum atomic E-state index is 12.5. The van der Waals surface area contributed by atoms with Crippen LogP contribution in [0.4, 0.5) is 10.6 Å². The Hall–Kier alpha value is -2.51. The van der Waals surface area contributed by atoms with E-state index in [9.17, 15) is 9.59 Å². The van der Waals surface area contributed by atoms with Gasteiger partial charge in [-0.25, -0.2) is 9.79 Å². The first-order valence-corrected chi connectivity index (χ1v) is 9.53. The zero-order chi connectivity index (χ0) is 19.8. The number of carbonyl (C=O) groups excluding carboxylic acids is 2. The number of anilines is 1. The van der Waals surface area contributed by atoms with E-state index in [4.69, 9.17) is 0 Å². The molecule has 8 heteroatoms. The van der Waals surface area contributed by atoms with Gasteiger partial charge in [-0.15, -0.1) is 0 Å². The van der Waals surface area contributed by atoms with Crippen molar-refractivity contribution >= 4 is 29.4 Å². The van der Waals surface area contributed by atoms with E-state index >= 15 is 0 Å². The molecule has 0 bridgehead atoms. The average molecular weight is 372 g/mol. The average Bonchev–Trinajstić information content (AvgIpc) is 2.98. The largest absolute Gasteiger partial charge is 0.336 e. The van der Waals surface area contributed by atoms with E-state index < -0.39 is 0 Å². The first kappa shape index (κ1) is 19.3. The monoisotopic (exact) mass is 372 g/mol. The molecular formula is C19H28N6O2. The molecule has 1 saturated carbocycles. The Morgan fingerprint density at radius 3 is 2.67 bits per heavy atom. The summed E-state index contributed by atoms with van der Waals surface area (Å²) in [5.74, 6) is 0.313. The van der Waals surface area contributed by atoms with Crippen LogP contribution in [0, 0.1) is 5.92 Å². The molecule has 2 heterocycles. The third kappa shape index (κ3) is 4.26. The number of fused-ring (bicyclic) bond motifs is 1. The minimum atomic E-state index is -0.336. The molecule has 1 aromatic rings. The second kappa shape index (κ2) is 7.25. The number of amides is 3. The van der Waals surface area contributed by atoms with Gasteiger partial charge in [0.15, 0.2) is 0 Å². The number of aromatic nitrogens is 2. The topological polar surface area (TPSA) is 101 Å². The highest BCUT2D eigenvalue weighted by Crippen LogP contribution is 2.28. The molecular weight excluding hydrogens is 344 g/mol. The normalized spacial score (nSPS) is 20.1. The van der Waals surface area contributed by atoms with E-state index in [0.717, 1.165) is 37.1 Å². The molecule has 1 aliphatic carbocycles. The van der Waals surface area contributed by atoms with Crippen molar-refractivity contribution in [1.82, 2.24) is 15.1 Å². The summed E-state index contributed by atoms with van der Waals surface area (Å²) in [4.78, 5) is 33.5. The summed E-state index contributed by atoms with van der Waals surface area (Å²) < 4.78 is 1.47. The van der Waals surface area contributed by atoms with Crippen LogP contribution in [-0.2, 0) is 10.2 Å². The van der Waals surface area contributed by atoms with Crippen molar-refractivity contribution in [2.45, 2.75) is 71.8 Å². The first-order chi connectivity index (χ1) is 12.6. The van der Waals surface area contributed by atoms with Crippen LogP contribution < -0.4 is 10.6 Å². The first-order valence-electron chi connectivity index (χ1n) is 9.53. The molecule has 2 N–H and O–H groups in total. The molecule has 0 spiro atoms. The van der Waals surface area contributed by atoms with Gasteiger partial charge in [-0.3, -0.25) is 10.1 Å². The van der Waals surface area contributed by atoms with E-state index in [0.29, 0.717) is 5.82 Å². The van der Waals surface area contributed by atoms with Gasteiger partial charge in [0.05, 0.1) is 11.6 Å². The van der Waals surface area contributed by atoms with Crippen LogP contribution in [0.3, 0.4) is 0 Å². The second-order valence-corrected chi connectivity index (χ2v) is 8.48. The molecule has 3 rings (SSSR count). The Balaban J connectivity index is 1.98. The van der Waals surface area contributed by atoms with E-state index in [1.54, 1.807) is 6.07 Å². The van der Waals surface area contributed by atoms with Crippen molar-refractivity contribution < 1.29 is 9.59 Å². The quantitative estimate of drug-likeness (QED) is 0.834. The lowest BCUT2D eigenvalue weighted by molar-refractivity contribution is -0.120. The third-order valence-corrected chi connectivity index (χ3v) is 4.66. The molecule has 1 aromatic heterocycles. The highest BCUT2D eigenvalue weighted by atomic mass is 16.2. The fourth-order valence-electron chi connectivity index (χ4n) is 3.22. The molecule has 1 unspecified atom stereocenters. The van der Waals surface area contributed by atoms with E-state index in [1.807, 2.05) is 34.6 Å². The Morgan fingerprint density at radius 1 is 1.26 bits per heavy atom. The number of aliphatic imine (C=N–C) groups is 2. The Labute approximate surface area is 159 Å². The van der Waals surface area contributed by atoms with Gasteiger partial charge in [0.25, 0.3) is 11.9 Å². The number of carbonyl (C=O) groups is 2. The van der Waals surface area contributed by atoms with Crippen molar-refractivity contribution in [3.05, 3.63) is 11.8 Å². The summed E-state index contributed by atoms with van der Waals surface area (Å²) in [7, 11) is 0. The highest BCUT2D eigenvalue weighted by molar-refractivity contribution is 6.16. The van der Waals surface area contributed by atoms with Crippen LogP contribution >= 0.6 is 0 Å². The summed E-state index contributed by atoms with van der Waals surface area (Å²) >= 11 is 0. The molecule has 1 atom stereocenters. The number of hydrogen-bond donors (Lipinski definition) is 2. The number of nitrogens with one attached hydrogen (secondary N) is 2. The van der Waals surface area contributed by atoms with Crippen molar-refractivity contribution in [2.75, 3.05) is 5.32 Å². The van der Waals surface area contributed by atoms with E-state index in [1.165, 1.54) is 4.68 Å². The maximum Gasteiger partial charge on any atom is 0.320 e. The lowest BCUT2D eigenvalue weighted by Crippen LogP contribution is -2.36. The van der Waals surface area contributed by atoms with Gasteiger partial charge in [0.2, 0.25) is 0 Å². The summed E-state index contributed by atoms with van der Waals surface area (Å²) in [6, 6.07) is 1.47.